The number of primary amides is 1. The molecule has 0 aliphatic heterocycles. The fraction of sp³-hybridized carbons (Fsp3) is 0.321. The fourth-order valence-electron chi connectivity index (χ4n) is 4.34. The molecule has 2 aromatic carbocycles. The number of fused-ring (bicyclic) bond motifs is 3. The zero-order chi connectivity index (χ0) is 28.7. The molecule has 0 radical (unpaired) electrons. The molecule has 2 aromatic heterocycles. The van der Waals surface area contributed by atoms with Crippen LogP contribution in [0.1, 0.15) is 28.8 Å². The van der Waals surface area contributed by atoms with Crippen molar-refractivity contribution in [1.29, 1.82) is 0 Å². The van der Waals surface area contributed by atoms with Crippen molar-refractivity contribution in [1.82, 2.24) is 20.2 Å². The minimum absolute atomic E-state index is 0.0779. The number of halogens is 4. The molecule has 0 atom stereocenters. The van der Waals surface area contributed by atoms with Crippen LogP contribution in [0.25, 0.3) is 21.7 Å². The number of anilines is 1. The maximum Gasteiger partial charge on any atom is 0.573 e. The topological polar surface area (TPSA) is 105 Å². The molecule has 0 spiro atoms. The molecular formula is C28H30ClF3N6O2. The number of carbonyl (C=O) groups is 1. The van der Waals surface area contributed by atoms with E-state index in [1.165, 1.54) is 12.1 Å². The van der Waals surface area contributed by atoms with Crippen LogP contribution in [0.2, 0.25) is 5.02 Å². The van der Waals surface area contributed by atoms with Crippen LogP contribution in [0, 0.1) is 0 Å². The van der Waals surface area contributed by atoms with Gasteiger partial charge < -0.3 is 26.0 Å². The highest BCUT2D eigenvalue weighted by molar-refractivity contribution is 6.32. The molecular weight excluding hydrogens is 545 g/mol. The Balaban J connectivity index is 1.20. The number of amides is 1. The first-order valence-electron chi connectivity index (χ1n) is 12.8. The van der Waals surface area contributed by atoms with Gasteiger partial charge in [0.25, 0.3) is 0 Å². The Labute approximate surface area is 234 Å². The summed E-state index contributed by atoms with van der Waals surface area (Å²) < 4.78 is 41.0. The highest BCUT2D eigenvalue weighted by Crippen LogP contribution is 2.31. The summed E-state index contributed by atoms with van der Waals surface area (Å²) in [4.78, 5) is 22.9. The third kappa shape index (κ3) is 7.93. The van der Waals surface area contributed by atoms with Gasteiger partial charge in [0.1, 0.15) is 11.6 Å². The van der Waals surface area contributed by atoms with Crippen LogP contribution in [0.3, 0.4) is 0 Å². The standard InChI is InChI=1S/C28H30ClF3N6O2/c1-38(12-3-2-9-34-16-18-4-7-25(23(29)14-18)40-28(30,31)32)13-11-36-27-21-8-10-35-17-22(21)20-6-5-19(26(33)39)15-24(20)37-27/h4-8,10,14-15,17,34H,2-3,9,11-13,16H2,1H3,(H2,33,39)(H,36,37). The molecule has 2 heterocycles. The number of pyridine rings is 2. The van der Waals surface area contributed by atoms with E-state index in [4.69, 9.17) is 22.3 Å². The van der Waals surface area contributed by atoms with E-state index in [0.29, 0.717) is 24.2 Å². The Bertz CT molecular complexity index is 1480. The molecule has 4 aromatic rings. The number of alkyl halides is 3. The summed E-state index contributed by atoms with van der Waals surface area (Å²) in [5.41, 5.74) is 7.30. The SMILES string of the molecule is CN(CCCCNCc1ccc(OC(F)(F)F)c(Cl)c1)CCNc1nc2cc(C(N)=O)ccc2c2cnccc12. The minimum atomic E-state index is -4.77. The monoisotopic (exact) mass is 574 g/mol. The van der Waals surface area contributed by atoms with Crippen LogP contribution in [-0.2, 0) is 6.54 Å². The summed E-state index contributed by atoms with van der Waals surface area (Å²) in [6, 6.07) is 11.4. The number of benzene rings is 2. The number of nitrogens with zero attached hydrogens (tertiary/aromatic N) is 3. The summed E-state index contributed by atoms with van der Waals surface area (Å²) in [7, 11) is 2.05. The zero-order valence-corrected chi connectivity index (χ0v) is 22.6. The number of likely N-dealkylation sites (N-methyl/N-ethyl adjacent to an activating group) is 1. The van der Waals surface area contributed by atoms with Gasteiger partial charge in [-0.15, -0.1) is 13.2 Å². The van der Waals surface area contributed by atoms with Gasteiger partial charge in [-0.1, -0.05) is 23.7 Å². The lowest BCUT2D eigenvalue weighted by molar-refractivity contribution is -0.274. The first-order valence-corrected chi connectivity index (χ1v) is 13.1. The second-order valence-corrected chi connectivity index (χ2v) is 9.81. The highest BCUT2D eigenvalue weighted by atomic mass is 35.5. The molecule has 0 saturated heterocycles. The van der Waals surface area contributed by atoms with Crippen molar-refractivity contribution in [3.05, 3.63) is 71.0 Å². The number of unbranched alkanes of at least 4 members (excludes halogenated alkanes) is 1. The molecule has 0 fully saturated rings. The Morgan fingerprint density at radius 1 is 1.05 bits per heavy atom. The Morgan fingerprint density at radius 3 is 2.62 bits per heavy atom. The van der Waals surface area contributed by atoms with Gasteiger partial charge >= 0.3 is 6.36 Å². The van der Waals surface area contributed by atoms with Crippen molar-refractivity contribution in [2.24, 2.45) is 5.73 Å². The van der Waals surface area contributed by atoms with Crippen molar-refractivity contribution >= 4 is 45.0 Å². The van der Waals surface area contributed by atoms with Crippen LogP contribution < -0.4 is 21.1 Å². The first kappa shape index (κ1) is 29.3. The van der Waals surface area contributed by atoms with Crippen LogP contribution in [0.15, 0.2) is 54.9 Å². The molecule has 0 saturated carbocycles. The Morgan fingerprint density at radius 2 is 1.88 bits per heavy atom. The molecule has 12 heteroatoms. The predicted molar refractivity (Wildman–Crippen MR) is 151 cm³/mol. The van der Waals surface area contributed by atoms with Crippen LogP contribution in [-0.4, -0.2) is 60.4 Å². The van der Waals surface area contributed by atoms with Crippen molar-refractivity contribution in [2.75, 3.05) is 38.5 Å². The average molecular weight is 575 g/mol. The van der Waals surface area contributed by atoms with Crippen molar-refractivity contribution in [2.45, 2.75) is 25.7 Å². The van der Waals surface area contributed by atoms with E-state index in [9.17, 15) is 18.0 Å². The summed E-state index contributed by atoms with van der Waals surface area (Å²) in [5.74, 6) is -0.184. The number of hydrogen-bond acceptors (Lipinski definition) is 7. The Hall–Kier alpha value is -3.67. The summed E-state index contributed by atoms with van der Waals surface area (Å²) >= 11 is 5.90. The average Bonchev–Trinajstić information content (AvgIpc) is 2.91. The summed E-state index contributed by atoms with van der Waals surface area (Å²) in [5, 5.41) is 9.42. The van der Waals surface area contributed by atoms with Crippen molar-refractivity contribution in [3.63, 3.8) is 0 Å². The fourth-order valence-corrected chi connectivity index (χ4v) is 4.58. The predicted octanol–water partition coefficient (Wildman–Crippen LogP) is 5.35. The van der Waals surface area contributed by atoms with Gasteiger partial charge in [0, 0.05) is 53.8 Å². The van der Waals surface area contributed by atoms with E-state index in [1.807, 2.05) is 12.1 Å². The quantitative estimate of drug-likeness (QED) is 0.146. The van der Waals surface area contributed by atoms with Crippen LogP contribution in [0.4, 0.5) is 19.0 Å². The van der Waals surface area contributed by atoms with Gasteiger partial charge in [-0.3, -0.25) is 9.78 Å². The van der Waals surface area contributed by atoms with Gasteiger partial charge in [0.2, 0.25) is 5.91 Å². The second-order valence-electron chi connectivity index (χ2n) is 9.40. The van der Waals surface area contributed by atoms with E-state index in [1.54, 1.807) is 30.6 Å². The van der Waals surface area contributed by atoms with Crippen molar-refractivity contribution in [3.8, 4) is 5.75 Å². The second kappa shape index (κ2) is 13.1. The maximum absolute atomic E-state index is 12.4. The van der Waals surface area contributed by atoms with E-state index >= 15 is 0 Å². The van der Waals surface area contributed by atoms with Gasteiger partial charge in [-0.2, -0.15) is 0 Å². The van der Waals surface area contributed by atoms with Crippen LogP contribution in [0.5, 0.6) is 5.75 Å². The number of ether oxygens (including phenoxy) is 1. The summed E-state index contributed by atoms with van der Waals surface area (Å²) in [6.45, 7) is 3.63. The largest absolute Gasteiger partial charge is 0.573 e. The Kier molecular flexibility index (Phi) is 9.62. The van der Waals surface area contributed by atoms with Gasteiger partial charge in [0.15, 0.2) is 0 Å². The number of hydrogen-bond donors (Lipinski definition) is 3. The van der Waals surface area contributed by atoms with Crippen molar-refractivity contribution < 1.29 is 22.7 Å². The van der Waals surface area contributed by atoms with Crippen LogP contribution >= 0.6 is 11.6 Å². The van der Waals surface area contributed by atoms with E-state index in [0.717, 1.165) is 60.0 Å². The number of carbonyl (C=O) groups excluding carboxylic acids is 1. The lowest BCUT2D eigenvalue weighted by Crippen LogP contribution is -2.27. The molecule has 40 heavy (non-hydrogen) atoms. The molecule has 212 valence electrons. The molecule has 4 rings (SSSR count). The zero-order valence-electron chi connectivity index (χ0n) is 21.9. The molecule has 4 N–H and O–H groups in total. The molecule has 8 nitrogen and oxygen atoms in total. The highest BCUT2D eigenvalue weighted by Gasteiger charge is 2.32. The van der Waals surface area contributed by atoms with Gasteiger partial charge in [0.05, 0.1) is 10.5 Å². The van der Waals surface area contributed by atoms with E-state index in [2.05, 4.69) is 32.3 Å². The molecule has 0 bridgehead atoms. The number of nitrogens with one attached hydrogen (secondary N) is 2. The lowest BCUT2D eigenvalue weighted by Gasteiger charge is -2.18. The van der Waals surface area contributed by atoms with Gasteiger partial charge in [-0.25, -0.2) is 4.98 Å². The van der Waals surface area contributed by atoms with E-state index in [-0.39, 0.29) is 5.02 Å². The maximum atomic E-state index is 12.4. The third-order valence-electron chi connectivity index (χ3n) is 6.36. The molecule has 0 aliphatic rings. The summed E-state index contributed by atoms with van der Waals surface area (Å²) in [6.07, 6.45) is 0.656. The lowest BCUT2D eigenvalue weighted by atomic mass is 10.1. The molecule has 0 unspecified atom stereocenters. The third-order valence-corrected chi connectivity index (χ3v) is 6.66. The number of rotatable bonds is 13. The smallest absolute Gasteiger partial charge is 0.404 e. The number of nitrogens with two attached hydrogens (primary N) is 1. The normalized spacial score (nSPS) is 11.8. The van der Waals surface area contributed by atoms with Gasteiger partial charge in [-0.05, 0) is 68.9 Å². The molecule has 1 amide bonds. The minimum Gasteiger partial charge on any atom is -0.404 e. The molecule has 0 aliphatic carbocycles. The number of aromatic nitrogens is 2. The van der Waals surface area contributed by atoms with E-state index < -0.39 is 18.0 Å². The first-order chi connectivity index (χ1) is 19.1.